The summed E-state index contributed by atoms with van der Waals surface area (Å²) in [5, 5.41) is 8.84. The molecular weight excluding hydrogens is 244 g/mol. The van der Waals surface area contributed by atoms with Crippen LogP contribution in [0, 0.1) is 18.3 Å². The van der Waals surface area contributed by atoms with Crippen LogP contribution in [-0.4, -0.2) is 19.2 Å². The smallest absolute Gasteiger partial charge is 0.387 e. The highest BCUT2D eigenvalue weighted by Gasteiger charge is 2.21. The van der Waals surface area contributed by atoms with Gasteiger partial charge in [-0.2, -0.15) is 14.0 Å². The van der Waals surface area contributed by atoms with Crippen LogP contribution in [0.25, 0.3) is 0 Å². The third-order valence-corrected chi connectivity index (χ3v) is 2.24. The van der Waals surface area contributed by atoms with Crippen LogP contribution in [0.15, 0.2) is 12.1 Å². The van der Waals surface area contributed by atoms with Crippen molar-refractivity contribution in [3.63, 3.8) is 0 Å². The molecule has 96 valence electrons. The lowest BCUT2D eigenvalue weighted by molar-refractivity contribution is -0.0504. The average molecular weight is 255 g/mol. The predicted molar refractivity (Wildman–Crippen MR) is 58.5 cm³/mol. The van der Waals surface area contributed by atoms with E-state index in [1.165, 1.54) is 13.0 Å². The second-order valence-corrected chi connectivity index (χ2v) is 3.32. The standard InChI is InChI=1S/C12H11F2NO3/c1-3-17-11(16)10-7(2)8(6-15)4-5-9(10)18-12(13)14/h4-5,12H,3H2,1-2H3. The molecule has 1 aromatic carbocycles. The van der Waals surface area contributed by atoms with Gasteiger partial charge in [0.2, 0.25) is 0 Å². The van der Waals surface area contributed by atoms with Crippen LogP contribution in [0.3, 0.4) is 0 Å². The molecule has 0 aliphatic heterocycles. The second kappa shape index (κ2) is 5.96. The maximum absolute atomic E-state index is 12.2. The Labute approximate surface area is 103 Å². The number of esters is 1. The first-order chi connectivity index (χ1) is 8.51. The quantitative estimate of drug-likeness (QED) is 0.776. The van der Waals surface area contributed by atoms with E-state index in [2.05, 4.69) is 4.74 Å². The molecule has 0 saturated carbocycles. The van der Waals surface area contributed by atoms with Gasteiger partial charge in [-0.25, -0.2) is 4.79 Å². The molecule has 0 spiro atoms. The Bertz CT molecular complexity index is 495. The molecule has 0 radical (unpaired) electrons. The maximum atomic E-state index is 12.2. The number of benzene rings is 1. The van der Waals surface area contributed by atoms with Crippen molar-refractivity contribution >= 4 is 5.97 Å². The molecule has 1 aromatic rings. The van der Waals surface area contributed by atoms with Gasteiger partial charge < -0.3 is 9.47 Å². The van der Waals surface area contributed by atoms with Crippen LogP contribution in [0.1, 0.15) is 28.4 Å². The number of ether oxygens (including phenoxy) is 2. The van der Waals surface area contributed by atoms with Gasteiger partial charge >= 0.3 is 12.6 Å². The normalized spacial score (nSPS) is 10.0. The summed E-state index contributed by atoms with van der Waals surface area (Å²) < 4.78 is 33.5. The van der Waals surface area contributed by atoms with E-state index in [9.17, 15) is 13.6 Å². The van der Waals surface area contributed by atoms with Crippen molar-refractivity contribution in [3.05, 3.63) is 28.8 Å². The molecule has 0 aliphatic rings. The molecule has 0 amide bonds. The topological polar surface area (TPSA) is 59.3 Å². The van der Waals surface area contributed by atoms with Crippen molar-refractivity contribution in [2.24, 2.45) is 0 Å². The van der Waals surface area contributed by atoms with Crippen LogP contribution >= 0.6 is 0 Å². The van der Waals surface area contributed by atoms with Gasteiger partial charge in [-0.15, -0.1) is 0 Å². The van der Waals surface area contributed by atoms with Gasteiger partial charge in [0.05, 0.1) is 18.2 Å². The molecule has 0 aliphatic carbocycles. The lowest BCUT2D eigenvalue weighted by Crippen LogP contribution is -2.13. The molecule has 4 nitrogen and oxygen atoms in total. The monoisotopic (exact) mass is 255 g/mol. The van der Waals surface area contributed by atoms with Crippen molar-refractivity contribution in [1.29, 1.82) is 5.26 Å². The fraction of sp³-hybridized carbons (Fsp3) is 0.333. The highest BCUT2D eigenvalue weighted by molar-refractivity contribution is 5.94. The van der Waals surface area contributed by atoms with Crippen LogP contribution < -0.4 is 4.74 Å². The Morgan fingerprint density at radius 1 is 1.50 bits per heavy atom. The Kier molecular flexibility index (Phi) is 4.60. The number of nitrogens with zero attached hydrogens (tertiary/aromatic N) is 1. The van der Waals surface area contributed by atoms with E-state index < -0.39 is 12.6 Å². The van der Waals surface area contributed by atoms with E-state index >= 15 is 0 Å². The molecule has 18 heavy (non-hydrogen) atoms. The lowest BCUT2D eigenvalue weighted by atomic mass is 10.0. The highest BCUT2D eigenvalue weighted by atomic mass is 19.3. The molecular formula is C12H11F2NO3. The molecule has 0 heterocycles. The van der Waals surface area contributed by atoms with Gasteiger partial charge in [-0.05, 0) is 31.5 Å². The molecule has 0 aromatic heterocycles. The number of nitriles is 1. The molecule has 0 saturated heterocycles. The first kappa shape index (κ1) is 13.9. The van der Waals surface area contributed by atoms with Gasteiger partial charge in [-0.3, -0.25) is 0 Å². The summed E-state index contributed by atoms with van der Waals surface area (Å²) in [7, 11) is 0. The van der Waals surface area contributed by atoms with Gasteiger partial charge in [0, 0.05) is 0 Å². The second-order valence-electron chi connectivity index (χ2n) is 3.32. The molecule has 0 bridgehead atoms. The summed E-state index contributed by atoms with van der Waals surface area (Å²) in [5.41, 5.74) is 0.324. The zero-order valence-electron chi connectivity index (χ0n) is 9.87. The summed E-state index contributed by atoms with van der Waals surface area (Å²) in [6, 6.07) is 4.33. The van der Waals surface area contributed by atoms with Crippen LogP contribution in [0.4, 0.5) is 8.78 Å². The van der Waals surface area contributed by atoms with Crippen LogP contribution in [-0.2, 0) is 4.74 Å². The van der Waals surface area contributed by atoms with Crippen LogP contribution in [0.2, 0.25) is 0 Å². The first-order valence-electron chi connectivity index (χ1n) is 5.16. The fourth-order valence-corrected chi connectivity index (χ4v) is 1.46. The maximum Gasteiger partial charge on any atom is 0.387 e. The average Bonchev–Trinajstić information content (AvgIpc) is 2.29. The molecule has 6 heteroatoms. The predicted octanol–water partition coefficient (Wildman–Crippen LogP) is 2.64. The fourth-order valence-electron chi connectivity index (χ4n) is 1.46. The lowest BCUT2D eigenvalue weighted by Gasteiger charge is -2.13. The Balaban J connectivity index is 3.31. The minimum Gasteiger partial charge on any atom is -0.462 e. The van der Waals surface area contributed by atoms with Gasteiger partial charge in [-0.1, -0.05) is 0 Å². The van der Waals surface area contributed by atoms with Crippen molar-refractivity contribution in [3.8, 4) is 11.8 Å². The van der Waals surface area contributed by atoms with E-state index in [-0.39, 0.29) is 29.0 Å². The van der Waals surface area contributed by atoms with Gasteiger partial charge in [0.15, 0.2) is 0 Å². The SMILES string of the molecule is CCOC(=O)c1c(OC(F)F)ccc(C#N)c1C. The van der Waals surface area contributed by atoms with E-state index in [0.29, 0.717) is 0 Å². The van der Waals surface area contributed by atoms with Crippen molar-refractivity contribution in [2.45, 2.75) is 20.5 Å². The summed E-state index contributed by atoms with van der Waals surface area (Å²) in [6.07, 6.45) is 0. The van der Waals surface area contributed by atoms with E-state index in [0.717, 1.165) is 6.07 Å². The summed E-state index contributed by atoms with van der Waals surface area (Å²) in [6.45, 7) is 0.118. The van der Waals surface area contributed by atoms with E-state index in [1.807, 2.05) is 6.07 Å². The number of hydrogen-bond acceptors (Lipinski definition) is 4. The molecule has 0 N–H and O–H groups in total. The number of carbonyl (C=O) groups is 1. The number of halogens is 2. The summed E-state index contributed by atoms with van der Waals surface area (Å²) in [5.74, 6) is -1.08. The van der Waals surface area contributed by atoms with Crippen molar-refractivity contribution < 1.29 is 23.0 Å². The molecule has 0 unspecified atom stereocenters. The molecule has 1 rings (SSSR count). The zero-order valence-corrected chi connectivity index (χ0v) is 9.87. The zero-order chi connectivity index (χ0) is 13.7. The Hall–Kier alpha value is -2.16. The van der Waals surface area contributed by atoms with Crippen LogP contribution in [0.5, 0.6) is 5.75 Å². The third-order valence-electron chi connectivity index (χ3n) is 2.24. The van der Waals surface area contributed by atoms with Gasteiger partial charge in [0.25, 0.3) is 0 Å². The van der Waals surface area contributed by atoms with Crippen molar-refractivity contribution in [1.82, 2.24) is 0 Å². The number of rotatable bonds is 4. The van der Waals surface area contributed by atoms with E-state index in [4.69, 9.17) is 10.00 Å². The number of carbonyl (C=O) groups excluding carboxylic acids is 1. The molecule has 0 fully saturated rings. The third kappa shape index (κ3) is 2.94. The minimum absolute atomic E-state index is 0.100. The Morgan fingerprint density at radius 2 is 2.17 bits per heavy atom. The largest absolute Gasteiger partial charge is 0.462 e. The first-order valence-corrected chi connectivity index (χ1v) is 5.16. The number of alkyl halides is 2. The number of hydrogen-bond donors (Lipinski definition) is 0. The van der Waals surface area contributed by atoms with Gasteiger partial charge in [0.1, 0.15) is 11.3 Å². The summed E-state index contributed by atoms with van der Waals surface area (Å²) in [4.78, 5) is 11.7. The minimum atomic E-state index is -3.05. The van der Waals surface area contributed by atoms with E-state index in [1.54, 1.807) is 6.92 Å². The highest BCUT2D eigenvalue weighted by Crippen LogP contribution is 2.27. The Morgan fingerprint density at radius 3 is 2.67 bits per heavy atom. The summed E-state index contributed by atoms with van der Waals surface area (Å²) >= 11 is 0. The van der Waals surface area contributed by atoms with Crippen molar-refractivity contribution in [2.75, 3.05) is 6.61 Å². The molecule has 0 atom stereocenters.